The molecular formula is C20H34BN2O. The van der Waals surface area contributed by atoms with Crippen molar-refractivity contribution in [1.29, 1.82) is 0 Å². The Kier molecular flexibility index (Phi) is 6.40. The van der Waals surface area contributed by atoms with Gasteiger partial charge in [-0.1, -0.05) is 83.5 Å². The molecule has 3 fully saturated rings. The highest BCUT2D eigenvalue weighted by Gasteiger charge is 2.41. The number of carbonyl (C=O) groups excluding carboxylic acids is 1. The summed E-state index contributed by atoms with van der Waals surface area (Å²) in [5, 5.41) is 3.02. The van der Waals surface area contributed by atoms with Gasteiger partial charge in [0.2, 0.25) is 13.2 Å². The van der Waals surface area contributed by atoms with Gasteiger partial charge in [0.25, 0.3) is 0 Å². The second-order valence-corrected chi connectivity index (χ2v) is 8.59. The van der Waals surface area contributed by atoms with Crippen molar-refractivity contribution in [2.75, 3.05) is 7.05 Å². The smallest absolute Gasteiger partial charge is 0.224 e. The van der Waals surface area contributed by atoms with Crippen LogP contribution in [-0.2, 0) is 4.79 Å². The molecule has 24 heavy (non-hydrogen) atoms. The van der Waals surface area contributed by atoms with E-state index in [4.69, 9.17) is 0 Å². The predicted octanol–water partition coefficient (Wildman–Crippen LogP) is 4.69. The summed E-state index contributed by atoms with van der Waals surface area (Å²) >= 11 is 0. The van der Waals surface area contributed by atoms with Crippen LogP contribution in [0.25, 0.3) is 0 Å². The second kappa shape index (κ2) is 8.53. The van der Waals surface area contributed by atoms with E-state index in [-0.39, 0.29) is 11.2 Å². The van der Waals surface area contributed by atoms with Crippen LogP contribution in [0, 0.1) is 11.8 Å². The zero-order chi connectivity index (χ0) is 16.8. The maximum atomic E-state index is 12.3. The number of nitrogens with one attached hydrogen (secondary N) is 1. The van der Waals surface area contributed by atoms with Gasteiger partial charge in [0.1, 0.15) is 0 Å². The van der Waals surface area contributed by atoms with E-state index in [0.717, 1.165) is 17.6 Å². The number of hydrogen-bond acceptors (Lipinski definition) is 2. The van der Waals surface area contributed by atoms with Crippen LogP contribution in [0.4, 0.5) is 0 Å². The van der Waals surface area contributed by atoms with Crippen LogP contribution in [-0.4, -0.2) is 26.0 Å². The lowest BCUT2D eigenvalue weighted by Gasteiger charge is -2.41. The van der Waals surface area contributed by atoms with Gasteiger partial charge < -0.3 is 5.32 Å². The molecule has 2 saturated carbocycles. The van der Waals surface area contributed by atoms with Crippen molar-refractivity contribution in [3.05, 3.63) is 0 Å². The van der Waals surface area contributed by atoms with E-state index < -0.39 is 0 Å². The van der Waals surface area contributed by atoms with Gasteiger partial charge in [-0.05, 0) is 17.2 Å². The Hall–Kier alpha value is -0.795. The zero-order valence-corrected chi connectivity index (χ0v) is 15.5. The van der Waals surface area contributed by atoms with E-state index in [1.165, 1.54) is 83.5 Å². The molecule has 0 spiro atoms. The summed E-state index contributed by atoms with van der Waals surface area (Å²) in [4.78, 5) is 16.6. The van der Waals surface area contributed by atoms with Gasteiger partial charge in [-0.3, -0.25) is 9.79 Å². The third-order valence-corrected chi connectivity index (χ3v) is 6.66. The van der Waals surface area contributed by atoms with Crippen molar-refractivity contribution in [3.8, 4) is 0 Å². The molecule has 1 saturated heterocycles. The van der Waals surface area contributed by atoms with E-state index in [1.807, 2.05) is 0 Å². The molecule has 3 nitrogen and oxygen atoms in total. The fraction of sp³-hybridized carbons (Fsp3) is 0.900. The highest BCUT2D eigenvalue weighted by Crippen LogP contribution is 2.48. The first-order valence-electron chi connectivity index (χ1n) is 10.3. The van der Waals surface area contributed by atoms with Crippen LogP contribution >= 0.6 is 0 Å². The summed E-state index contributed by atoms with van der Waals surface area (Å²) in [6.07, 6.45) is 18.3. The minimum atomic E-state index is 0.0661. The van der Waals surface area contributed by atoms with Gasteiger partial charge in [0.15, 0.2) is 0 Å². The van der Waals surface area contributed by atoms with E-state index >= 15 is 0 Å². The largest absolute Gasteiger partial charge is 0.323 e. The number of nitrogens with zero attached hydrogens (tertiary/aromatic N) is 1. The average Bonchev–Trinajstić information content (AvgIpc) is 2.61. The first kappa shape index (κ1) is 18.0. The lowest BCUT2D eigenvalue weighted by molar-refractivity contribution is -0.120. The normalized spacial score (nSPS) is 31.7. The van der Waals surface area contributed by atoms with Gasteiger partial charge in [-0.25, -0.2) is 0 Å². The lowest BCUT2D eigenvalue weighted by Crippen LogP contribution is -2.48. The highest BCUT2D eigenvalue weighted by atomic mass is 16.1. The Morgan fingerprint density at radius 1 is 1.04 bits per heavy atom. The zero-order valence-electron chi connectivity index (χ0n) is 15.5. The van der Waals surface area contributed by atoms with Gasteiger partial charge in [-0.15, -0.1) is 0 Å². The predicted molar refractivity (Wildman–Crippen MR) is 102 cm³/mol. The summed E-state index contributed by atoms with van der Waals surface area (Å²) in [5.41, 5.74) is 0.811. The minimum absolute atomic E-state index is 0.0661. The number of hydrogen-bond donors (Lipinski definition) is 1. The summed E-state index contributed by atoms with van der Waals surface area (Å²) in [6, 6.07) is 0. The molecule has 4 heteroatoms. The van der Waals surface area contributed by atoms with Gasteiger partial charge in [0.05, 0.1) is 5.73 Å². The van der Waals surface area contributed by atoms with E-state index in [1.54, 1.807) is 7.05 Å². The molecule has 1 amide bonds. The molecule has 0 aromatic carbocycles. The summed E-state index contributed by atoms with van der Waals surface area (Å²) in [7, 11) is 4.12. The molecule has 1 aliphatic heterocycles. The standard InChI is InChI=1S/C20H34BN2O/c1-22-19-21-20(15-18(24)23-19,14-17-10-6-3-7-11-17)13-12-16-8-4-2-5-9-16/h16-17H,2-15H2,1H3,(H,22,23,24). The minimum Gasteiger partial charge on any atom is -0.323 e. The second-order valence-electron chi connectivity index (χ2n) is 8.59. The van der Waals surface area contributed by atoms with Gasteiger partial charge in [0, 0.05) is 13.5 Å². The monoisotopic (exact) mass is 329 g/mol. The van der Waals surface area contributed by atoms with Crippen molar-refractivity contribution >= 4 is 18.9 Å². The SMILES string of the molecule is CN=C1[B]C(CCC2CCCCC2)(CC2CCCCC2)CC(=O)N1. The number of amidine groups is 1. The van der Waals surface area contributed by atoms with Gasteiger partial charge >= 0.3 is 0 Å². The van der Waals surface area contributed by atoms with Crippen LogP contribution in [0.5, 0.6) is 0 Å². The van der Waals surface area contributed by atoms with Gasteiger partial charge in [-0.2, -0.15) is 0 Å². The fourth-order valence-electron chi connectivity index (χ4n) is 5.33. The molecular weight excluding hydrogens is 295 g/mol. The number of rotatable bonds is 5. The molecule has 0 aromatic heterocycles. The van der Waals surface area contributed by atoms with E-state index in [9.17, 15) is 4.79 Å². The molecule has 0 bridgehead atoms. The van der Waals surface area contributed by atoms with Crippen molar-refractivity contribution in [3.63, 3.8) is 0 Å². The molecule has 1 N–H and O–H groups in total. The van der Waals surface area contributed by atoms with Crippen LogP contribution in [0.2, 0.25) is 5.31 Å². The molecule has 3 aliphatic rings. The topological polar surface area (TPSA) is 41.5 Å². The first-order valence-corrected chi connectivity index (χ1v) is 10.3. The van der Waals surface area contributed by atoms with Crippen LogP contribution < -0.4 is 5.32 Å². The molecule has 1 radical (unpaired) electrons. The Morgan fingerprint density at radius 2 is 1.67 bits per heavy atom. The maximum absolute atomic E-state index is 12.3. The number of carbonyl (C=O) groups is 1. The van der Waals surface area contributed by atoms with Crippen LogP contribution in [0.1, 0.15) is 89.9 Å². The van der Waals surface area contributed by atoms with Crippen molar-refractivity contribution in [2.24, 2.45) is 16.8 Å². The van der Waals surface area contributed by atoms with Crippen molar-refractivity contribution in [1.82, 2.24) is 5.32 Å². The summed E-state index contributed by atoms with van der Waals surface area (Å²) < 4.78 is 0. The Balaban J connectivity index is 1.67. The first-order chi connectivity index (χ1) is 11.7. The van der Waals surface area contributed by atoms with E-state index in [0.29, 0.717) is 6.42 Å². The molecule has 133 valence electrons. The summed E-state index contributed by atoms with van der Waals surface area (Å²) in [5.74, 6) is 1.88. The quantitative estimate of drug-likeness (QED) is 0.731. The highest BCUT2D eigenvalue weighted by molar-refractivity contribution is 6.79. The fourth-order valence-corrected chi connectivity index (χ4v) is 5.33. The Bertz CT molecular complexity index is 453. The third kappa shape index (κ3) is 4.86. The average molecular weight is 329 g/mol. The molecule has 0 aromatic rings. The Morgan fingerprint density at radius 3 is 2.29 bits per heavy atom. The Labute approximate surface area is 148 Å². The van der Waals surface area contributed by atoms with Crippen LogP contribution in [0.15, 0.2) is 4.99 Å². The molecule has 2 aliphatic carbocycles. The third-order valence-electron chi connectivity index (χ3n) is 6.66. The molecule has 1 heterocycles. The lowest BCUT2D eigenvalue weighted by atomic mass is 9.43. The molecule has 1 unspecified atom stereocenters. The van der Waals surface area contributed by atoms with E-state index in [2.05, 4.69) is 17.6 Å². The number of aliphatic imine (C=N–C) groups is 1. The van der Waals surface area contributed by atoms with Crippen LogP contribution in [0.3, 0.4) is 0 Å². The van der Waals surface area contributed by atoms with Crippen molar-refractivity contribution in [2.45, 2.75) is 95.2 Å². The summed E-state index contributed by atoms with van der Waals surface area (Å²) in [6.45, 7) is 0. The van der Waals surface area contributed by atoms with Crippen molar-refractivity contribution < 1.29 is 4.79 Å². The molecule has 1 atom stereocenters. The molecule has 3 rings (SSSR count). The maximum Gasteiger partial charge on any atom is 0.224 e. The number of amides is 1.